The molecule has 1 saturated carbocycles. The molecule has 10 nitrogen and oxygen atoms in total. The van der Waals surface area contributed by atoms with Crippen molar-refractivity contribution in [2.75, 3.05) is 24.6 Å². The van der Waals surface area contributed by atoms with Crippen molar-refractivity contribution in [3.05, 3.63) is 59.7 Å². The van der Waals surface area contributed by atoms with Gasteiger partial charge in [-0.1, -0.05) is 83.9 Å². The highest BCUT2D eigenvalue weighted by atomic mass is 28.3. The number of benzene rings is 2. The van der Waals surface area contributed by atoms with Gasteiger partial charge in [-0.15, -0.1) is 5.54 Å². The van der Waals surface area contributed by atoms with Crippen LogP contribution in [0, 0.1) is 29.0 Å². The third-order valence-corrected chi connectivity index (χ3v) is 21.5. The van der Waals surface area contributed by atoms with Crippen LogP contribution < -0.4 is 14.4 Å². The number of carboxylic acid groups (broad SMARTS) is 1. The first kappa shape index (κ1) is 39.3. The van der Waals surface area contributed by atoms with E-state index in [2.05, 4.69) is 69.4 Å². The van der Waals surface area contributed by atoms with Crippen molar-refractivity contribution < 1.29 is 28.2 Å². The van der Waals surface area contributed by atoms with Crippen LogP contribution >= 0.6 is 0 Å². The van der Waals surface area contributed by atoms with Gasteiger partial charge in [0.2, 0.25) is 5.88 Å². The van der Waals surface area contributed by atoms with Gasteiger partial charge in [0.25, 0.3) is 0 Å². The van der Waals surface area contributed by atoms with Crippen LogP contribution in [0.15, 0.2) is 42.5 Å². The van der Waals surface area contributed by atoms with E-state index in [9.17, 15) is 9.90 Å². The SMILES string of the molecule is C=C1CN2[C@@H]3C[C@@H]3CC2(COc2nc3c4c(nc(-c5cccc6ccc(F)c(C#C[Si](C(C)C)(C(C)C)C(C)C)c56)c(F)c4n2)OC(C)C2C4CCC(CN32)N4C(=O)O)C1. The molecule has 10 rings (SSSR count). The van der Waals surface area contributed by atoms with Crippen molar-refractivity contribution in [2.24, 2.45) is 5.92 Å². The maximum atomic E-state index is 17.8. The highest BCUT2D eigenvalue weighted by Gasteiger charge is 2.62. The number of ether oxygens (including phenoxy) is 2. The summed E-state index contributed by atoms with van der Waals surface area (Å²) < 4.78 is 47.5. The van der Waals surface area contributed by atoms with Gasteiger partial charge in [-0.05, 0) is 73.0 Å². The van der Waals surface area contributed by atoms with Crippen LogP contribution in [-0.4, -0.2) is 99.5 Å². The molecule has 2 bridgehead atoms. The molecule has 1 amide bonds. The van der Waals surface area contributed by atoms with E-state index in [4.69, 9.17) is 24.4 Å². The number of nitrogens with zero attached hydrogens (tertiary/aromatic N) is 6. The predicted molar refractivity (Wildman–Crippen MR) is 231 cm³/mol. The zero-order chi connectivity index (χ0) is 42.2. The lowest BCUT2D eigenvalue weighted by atomic mass is 9.92. The van der Waals surface area contributed by atoms with Crippen LogP contribution in [0.5, 0.6) is 11.9 Å². The van der Waals surface area contributed by atoms with Crippen LogP contribution in [0.2, 0.25) is 16.6 Å². The first-order chi connectivity index (χ1) is 28.6. The van der Waals surface area contributed by atoms with E-state index >= 15 is 8.78 Å². The fourth-order valence-corrected chi connectivity index (χ4v) is 17.8. The number of hydrogen-bond donors (Lipinski definition) is 1. The van der Waals surface area contributed by atoms with E-state index < -0.39 is 37.9 Å². The van der Waals surface area contributed by atoms with Gasteiger partial charge in [-0.2, -0.15) is 9.97 Å². The number of hydrogen-bond acceptors (Lipinski definition) is 8. The first-order valence-corrected chi connectivity index (χ1v) is 24.0. The summed E-state index contributed by atoms with van der Waals surface area (Å²) in [5, 5.41) is 11.8. The summed E-state index contributed by atoms with van der Waals surface area (Å²) in [6.45, 7) is 21.1. The van der Waals surface area contributed by atoms with Gasteiger partial charge in [-0.3, -0.25) is 9.80 Å². The molecule has 2 aromatic carbocycles. The van der Waals surface area contributed by atoms with Crippen LogP contribution in [0.4, 0.5) is 19.4 Å². The normalized spacial score (nSPS) is 27.9. The Bertz CT molecular complexity index is 2530. The number of carbonyl (C=O) groups is 1. The molecular formula is C47H54F2N6O4Si. The second kappa shape index (κ2) is 13.9. The van der Waals surface area contributed by atoms with Crippen molar-refractivity contribution in [1.82, 2.24) is 24.8 Å². The fourth-order valence-electron chi connectivity index (χ4n) is 12.6. The van der Waals surface area contributed by atoms with Crippen LogP contribution in [0.3, 0.4) is 0 Å². The molecule has 7 atom stereocenters. The van der Waals surface area contributed by atoms with Crippen molar-refractivity contribution in [1.29, 1.82) is 0 Å². The Morgan fingerprint density at radius 3 is 2.55 bits per heavy atom. The highest BCUT2D eigenvalue weighted by molar-refractivity contribution is 6.90. The summed E-state index contributed by atoms with van der Waals surface area (Å²) in [5.74, 6) is 3.39. The third-order valence-electron chi connectivity index (χ3n) is 15.2. The molecule has 5 fully saturated rings. The monoisotopic (exact) mass is 832 g/mol. The Kier molecular flexibility index (Phi) is 9.09. The summed E-state index contributed by atoms with van der Waals surface area (Å²) >= 11 is 0. The summed E-state index contributed by atoms with van der Waals surface area (Å²) in [5.41, 5.74) is 6.19. The zero-order valence-corrected chi connectivity index (χ0v) is 36.6. The second-order valence-corrected chi connectivity index (χ2v) is 25.0. The largest absolute Gasteiger partial charge is 0.472 e. The lowest BCUT2D eigenvalue weighted by molar-refractivity contribution is 0.0705. The molecule has 6 aliphatic rings. The van der Waals surface area contributed by atoms with Gasteiger partial charge >= 0.3 is 12.1 Å². The van der Waals surface area contributed by atoms with Gasteiger partial charge < -0.3 is 19.5 Å². The Hall–Kier alpha value is -4.80. The van der Waals surface area contributed by atoms with Crippen molar-refractivity contribution >= 4 is 41.7 Å². The van der Waals surface area contributed by atoms with Crippen LogP contribution in [0.1, 0.15) is 86.1 Å². The summed E-state index contributed by atoms with van der Waals surface area (Å²) in [4.78, 5) is 33.6. The van der Waals surface area contributed by atoms with Crippen molar-refractivity contribution in [3.63, 3.8) is 0 Å². The number of anilines is 1. The molecule has 1 N–H and O–H groups in total. The number of halogens is 2. The number of rotatable bonds is 7. The maximum Gasteiger partial charge on any atom is 0.407 e. The number of amides is 1. The highest BCUT2D eigenvalue weighted by Crippen LogP contribution is 2.58. The Morgan fingerprint density at radius 2 is 1.82 bits per heavy atom. The lowest BCUT2D eigenvalue weighted by Crippen LogP contribution is -2.64. The molecule has 1 aliphatic carbocycles. The average Bonchev–Trinajstić information content (AvgIpc) is 3.67. The molecule has 4 aromatic rings. The molecule has 13 heteroatoms. The van der Waals surface area contributed by atoms with Gasteiger partial charge in [0, 0.05) is 30.1 Å². The number of fused-ring (bicyclic) bond motifs is 9. The number of piperazine rings is 1. The number of piperidine rings is 1. The third kappa shape index (κ3) is 5.72. The van der Waals surface area contributed by atoms with Gasteiger partial charge in [-0.25, -0.2) is 18.6 Å². The predicted octanol–water partition coefficient (Wildman–Crippen LogP) is 9.34. The smallest absolute Gasteiger partial charge is 0.407 e. The van der Waals surface area contributed by atoms with E-state index in [0.717, 1.165) is 19.4 Å². The molecular weight excluding hydrogens is 779 g/mol. The van der Waals surface area contributed by atoms with Crippen LogP contribution in [0.25, 0.3) is 32.9 Å². The molecule has 5 aliphatic heterocycles. The van der Waals surface area contributed by atoms with Gasteiger partial charge in [0.1, 0.15) is 49.0 Å². The molecule has 60 heavy (non-hydrogen) atoms. The topological polar surface area (TPSA) is 104 Å². The van der Waals surface area contributed by atoms with E-state index in [1.807, 2.05) is 19.1 Å². The second-order valence-electron chi connectivity index (χ2n) is 19.4. The first-order valence-electron chi connectivity index (χ1n) is 21.8. The van der Waals surface area contributed by atoms with E-state index in [0.29, 0.717) is 82.1 Å². The summed E-state index contributed by atoms with van der Waals surface area (Å²) in [6.07, 6.45) is 2.88. The molecule has 5 unspecified atom stereocenters. The van der Waals surface area contributed by atoms with E-state index in [1.54, 1.807) is 17.0 Å². The average molecular weight is 833 g/mol. The molecule has 0 radical (unpaired) electrons. The zero-order valence-electron chi connectivity index (χ0n) is 35.6. The maximum absolute atomic E-state index is 17.8. The van der Waals surface area contributed by atoms with Crippen LogP contribution in [-0.2, 0) is 0 Å². The fraction of sp³-hybridized carbons (Fsp3) is 0.532. The van der Waals surface area contributed by atoms with Gasteiger partial charge in [0.05, 0.1) is 29.2 Å². The van der Waals surface area contributed by atoms with E-state index in [1.165, 1.54) is 18.1 Å². The van der Waals surface area contributed by atoms with Gasteiger partial charge in [0.15, 0.2) is 5.82 Å². The number of aromatic nitrogens is 3. The summed E-state index contributed by atoms with van der Waals surface area (Å²) in [6, 6.07) is 8.12. The molecule has 314 valence electrons. The quantitative estimate of drug-likeness (QED) is 0.111. The minimum absolute atomic E-state index is 0.0118. The molecule has 0 spiro atoms. The molecule has 2 aromatic heterocycles. The molecule has 7 heterocycles. The molecule has 4 saturated heterocycles. The standard InChI is InChI=1S/C47H54F2N6O4Si/c1-24(2)60(25(3)4,26(5)6)17-16-32-34(48)14-12-29-10-9-11-33(37(29)32)40-39(49)41-38-43(52-45(51-41)58-23-47-19-27(7)21-54(47)36-18-30(36)20-47)53-22-31-13-15-35(55(31)46(56)57)42(53)28(8)59-44(38)50-40/h9-12,14,24-26,28,30-31,35-36,42H,7,13,15,18-23H2,1-6,8H3,(H,56,57)/t28?,30-,31?,35?,36-,42?,47?/m1/s1. The minimum atomic E-state index is -2.28. The Labute approximate surface area is 351 Å². The lowest BCUT2D eigenvalue weighted by Gasteiger charge is -2.47. The van der Waals surface area contributed by atoms with E-state index in [-0.39, 0.29) is 46.3 Å². The minimum Gasteiger partial charge on any atom is -0.472 e. The Balaban J connectivity index is 1.16. The Morgan fingerprint density at radius 1 is 1.05 bits per heavy atom. The van der Waals surface area contributed by atoms with Crippen molar-refractivity contribution in [3.8, 4) is 34.6 Å². The number of pyridine rings is 1. The summed E-state index contributed by atoms with van der Waals surface area (Å²) in [7, 11) is -2.28. The van der Waals surface area contributed by atoms with Crippen molar-refractivity contribution in [2.45, 2.75) is 133 Å².